The van der Waals surface area contributed by atoms with Crippen LogP contribution in [0.25, 0.3) is 5.57 Å². The van der Waals surface area contributed by atoms with E-state index in [9.17, 15) is 9.00 Å². The van der Waals surface area contributed by atoms with Gasteiger partial charge in [-0.3, -0.25) is 9.00 Å². The maximum atomic E-state index is 15.0. The Morgan fingerprint density at radius 2 is 1.76 bits per heavy atom. The Bertz CT molecular complexity index is 1360. The van der Waals surface area contributed by atoms with Gasteiger partial charge in [-0.25, -0.2) is 4.39 Å². The molecule has 2 heterocycles. The molecule has 1 N–H and O–H groups in total. The van der Waals surface area contributed by atoms with Crippen LogP contribution in [0, 0.1) is 17.7 Å². The number of hydrogen-bond donors (Lipinski definition) is 1. The Balaban J connectivity index is 0.000000909. The maximum Gasteiger partial charge on any atom is 0.305 e. The minimum atomic E-state index is -0.709. The van der Waals surface area contributed by atoms with Crippen LogP contribution in [0.3, 0.4) is 0 Å². The van der Waals surface area contributed by atoms with Gasteiger partial charge in [0.25, 0.3) is 0 Å². The normalized spacial score (nSPS) is 20.9. The first kappa shape index (κ1) is 30.4. The number of allylic oxidation sites excluding steroid dienone is 2. The number of esters is 1. The highest BCUT2D eigenvalue weighted by Crippen LogP contribution is 2.40. The van der Waals surface area contributed by atoms with Crippen LogP contribution < -0.4 is 10.1 Å². The van der Waals surface area contributed by atoms with Crippen molar-refractivity contribution in [2.24, 2.45) is 0 Å². The monoisotopic (exact) mass is 579 g/mol. The predicted molar refractivity (Wildman–Crippen MR) is 160 cm³/mol. The van der Waals surface area contributed by atoms with Crippen molar-refractivity contribution in [3.63, 3.8) is 0 Å². The molecule has 0 spiro atoms. The lowest BCUT2D eigenvalue weighted by atomic mass is 9.95. The molecule has 8 heteroatoms. The second-order valence-corrected chi connectivity index (χ2v) is 11.8. The summed E-state index contributed by atoms with van der Waals surface area (Å²) < 4.78 is 43.6. The number of methoxy groups -OCH3 is 1. The first-order chi connectivity index (χ1) is 19.9. The van der Waals surface area contributed by atoms with Gasteiger partial charge in [0.05, 0.1) is 7.11 Å². The summed E-state index contributed by atoms with van der Waals surface area (Å²) in [5.74, 6) is 7.69. The standard InChI is InChI=1S/C29H32FNO5S.C4H6/c1-34-28(32)13-4-19-2-6-21(7-3-19)35-26-11-9-24-23(8-10-25(30)29(24)26)20-5-12-27(31-18-20)36-22-14-16-37(33)17-15-22;1-3-4-2/h2-3,5-8,10,12,22,26,31H,4,9,11,13-18H2,1H3;1-2H3/t22?,26-,37?;/m1./s1. The number of hydrogen-bond acceptors (Lipinski definition) is 6. The summed E-state index contributed by atoms with van der Waals surface area (Å²) >= 11 is 0. The molecule has 0 amide bonds. The summed E-state index contributed by atoms with van der Waals surface area (Å²) in [6, 6.07) is 11.0. The number of benzene rings is 2. The van der Waals surface area contributed by atoms with E-state index in [2.05, 4.69) is 17.2 Å². The largest absolute Gasteiger partial charge is 0.486 e. The molecule has 1 aliphatic carbocycles. The number of carbonyl (C=O) groups is 1. The molecule has 0 bridgehead atoms. The van der Waals surface area contributed by atoms with Gasteiger partial charge < -0.3 is 19.5 Å². The van der Waals surface area contributed by atoms with Gasteiger partial charge in [0.2, 0.25) is 0 Å². The number of halogens is 1. The molecule has 41 heavy (non-hydrogen) atoms. The van der Waals surface area contributed by atoms with E-state index in [1.165, 1.54) is 13.2 Å². The lowest BCUT2D eigenvalue weighted by Gasteiger charge is -2.26. The highest BCUT2D eigenvalue weighted by molar-refractivity contribution is 7.85. The zero-order valence-electron chi connectivity index (χ0n) is 24.0. The van der Waals surface area contributed by atoms with Gasteiger partial charge in [-0.15, -0.1) is 11.8 Å². The van der Waals surface area contributed by atoms with Crippen LogP contribution in [0.5, 0.6) is 5.75 Å². The van der Waals surface area contributed by atoms with Crippen molar-refractivity contribution in [1.82, 2.24) is 5.32 Å². The van der Waals surface area contributed by atoms with Crippen LogP contribution in [0.4, 0.5) is 4.39 Å². The third-order valence-electron chi connectivity index (χ3n) is 7.44. The molecule has 0 unspecified atom stereocenters. The zero-order valence-corrected chi connectivity index (χ0v) is 24.8. The quantitative estimate of drug-likeness (QED) is 0.316. The fourth-order valence-corrected chi connectivity index (χ4v) is 6.41. The Morgan fingerprint density at radius 3 is 2.39 bits per heavy atom. The van der Waals surface area contributed by atoms with Gasteiger partial charge in [-0.2, -0.15) is 0 Å². The molecule has 1 saturated heterocycles. The number of dihydropyridines is 1. The fourth-order valence-electron chi connectivity index (χ4n) is 5.15. The minimum absolute atomic E-state index is 0.0984. The van der Waals surface area contributed by atoms with E-state index in [1.807, 2.05) is 56.3 Å². The van der Waals surface area contributed by atoms with Crippen molar-refractivity contribution in [3.8, 4) is 17.6 Å². The van der Waals surface area contributed by atoms with E-state index < -0.39 is 10.8 Å². The Hall–Kier alpha value is -3.57. The lowest BCUT2D eigenvalue weighted by molar-refractivity contribution is -0.140. The third-order valence-corrected chi connectivity index (χ3v) is 8.83. The highest BCUT2D eigenvalue weighted by Gasteiger charge is 2.31. The average molecular weight is 580 g/mol. The van der Waals surface area contributed by atoms with E-state index in [1.54, 1.807) is 0 Å². The van der Waals surface area contributed by atoms with Crippen molar-refractivity contribution in [2.75, 3.05) is 25.2 Å². The van der Waals surface area contributed by atoms with Gasteiger partial charge in [0.15, 0.2) is 5.88 Å². The van der Waals surface area contributed by atoms with Gasteiger partial charge in [-0.05, 0) is 92.5 Å². The topological polar surface area (TPSA) is 73.9 Å². The fraction of sp³-hybridized carbons (Fsp3) is 0.424. The van der Waals surface area contributed by atoms with E-state index in [0.29, 0.717) is 48.6 Å². The van der Waals surface area contributed by atoms with Crippen molar-refractivity contribution in [1.29, 1.82) is 0 Å². The van der Waals surface area contributed by atoms with Crippen LogP contribution in [0.15, 0.2) is 54.4 Å². The Kier molecular flexibility index (Phi) is 11.0. The zero-order chi connectivity index (χ0) is 29.2. The number of nitrogens with one attached hydrogen (secondary N) is 1. The number of fused-ring (bicyclic) bond motifs is 1. The van der Waals surface area contributed by atoms with Crippen molar-refractivity contribution < 1.29 is 27.6 Å². The first-order valence-electron chi connectivity index (χ1n) is 14.1. The van der Waals surface area contributed by atoms with Crippen LogP contribution in [-0.2, 0) is 37.9 Å². The van der Waals surface area contributed by atoms with Crippen LogP contribution in [-0.4, -0.2) is 41.4 Å². The van der Waals surface area contributed by atoms with E-state index in [-0.39, 0.29) is 24.0 Å². The molecule has 2 aromatic carbocycles. The molecule has 2 aliphatic heterocycles. The summed E-state index contributed by atoms with van der Waals surface area (Å²) in [7, 11) is 0.677. The summed E-state index contributed by atoms with van der Waals surface area (Å²) in [6.07, 6.45) is 7.73. The molecular formula is C33H38FNO5S. The van der Waals surface area contributed by atoms with Gasteiger partial charge in [0, 0.05) is 40.8 Å². The van der Waals surface area contributed by atoms with E-state index in [0.717, 1.165) is 47.4 Å². The lowest BCUT2D eigenvalue weighted by Crippen LogP contribution is -2.30. The van der Waals surface area contributed by atoms with Crippen LogP contribution >= 0.6 is 0 Å². The predicted octanol–water partition coefficient (Wildman–Crippen LogP) is 5.78. The van der Waals surface area contributed by atoms with Gasteiger partial charge in [0.1, 0.15) is 23.8 Å². The average Bonchev–Trinajstić information content (AvgIpc) is 3.43. The molecule has 0 saturated carbocycles. The molecule has 3 aliphatic rings. The summed E-state index contributed by atoms with van der Waals surface area (Å²) in [6.45, 7) is 4.24. The molecule has 2 aromatic rings. The third kappa shape index (κ3) is 8.23. The summed E-state index contributed by atoms with van der Waals surface area (Å²) in [5, 5.41) is 3.35. The molecule has 218 valence electrons. The van der Waals surface area contributed by atoms with Crippen molar-refractivity contribution in [3.05, 3.63) is 82.5 Å². The van der Waals surface area contributed by atoms with Crippen LogP contribution in [0.2, 0.25) is 0 Å². The molecule has 0 radical (unpaired) electrons. The highest BCUT2D eigenvalue weighted by atomic mass is 32.2. The molecule has 6 nitrogen and oxygen atoms in total. The van der Waals surface area contributed by atoms with Crippen LogP contribution in [0.1, 0.15) is 67.9 Å². The molecule has 1 atom stereocenters. The van der Waals surface area contributed by atoms with E-state index >= 15 is 4.39 Å². The minimum Gasteiger partial charge on any atom is -0.486 e. The molecule has 1 fully saturated rings. The van der Waals surface area contributed by atoms with Gasteiger partial charge in [-0.1, -0.05) is 24.3 Å². The summed E-state index contributed by atoms with van der Waals surface area (Å²) in [4.78, 5) is 11.4. The summed E-state index contributed by atoms with van der Waals surface area (Å²) in [5.41, 5.74) is 4.78. The Morgan fingerprint density at radius 1 is 1.02 bits per heavy atom. The maximum absolute atomic E-state index is 15.0. The number of ether oxygens (including phenoxy) is 3. The molecule has 0 aromatic heterocycles. The number of carbonyl (C=O) groups excluding carboxylic acids is 1. The second-order valence-electron chi connectivity index (χ2n) is 10.1. The van der Waals surface area contributed by atoms with Gasteiger partial charge >= 0.3 is 5.97 Å². The number of aryl methyl sites for hydroxylation is 1. The first-order valence-corrected chi connectivity index (χ1v) is 15.5. The number of rotatable bonds is 8. The molecular weight excluding hydrogens is 541 g/mol. The SMILES string of the molecule is CC#CC.COC(=O)CCc1ccc(O[C@@H]2CCc3c(C4=CC=C(OC5CCS(=O)CC5)NC4)ccc(F)c32)cc1. The van der Waals surface area contributed by atoms with Crippen molar-refractivity contribution >= 4 is 22.3 Å². The molecule has 5 rings (SSSR count). The smallest absolute Gasteiger partial charge is 0.305 e. The Labute approximate surface area is 244 Å². The van der Waals surface area contributed by atoms with Crippen molar-refractivity contribution in [2.45, 2.75) is 64.6 Å². The van der Waals surface area contributed by atoms with E-state index in [4.69, 9.17) is 14.2 Å². The second kappa shape index (κ2) is 14.9.